The molecule has 1 aliphatic rings. The molecule has 1 fully saturated rings. The molecule has 0 radical (unpaired) electrons. The van der Waals surface area contributed by atoms with Crippen LogP contribution in [0.15, 0.2) is 0 Å². The van der Waals surface area contributed by atoms with Crippen molar-refractivity contribution in [3.8, 4) is 0 Å². The van der Waals surface area contributed by atoms with Crippen LogP contribution in [0.5, 0.6) is 0 Å². The van der Waals surface area contributed by atoms with E-state index in [0.29, 0.717) is 6.04 Å². The van der Waals surface area contributed by atoms with Crippen LogP contribution in [0.2, 0.25) is 0 Å². The van der Waals surface area contributed by atoms with Gasteiger partial charge in [-0.05, 0) is 37.9 Å². The van der Waals surface area contributed by atoms with Crippen LogP contribution in [-0.4, -0.2) is 37.8 Å². The van der Waals surface area contributed by atoms with Crippen molar-refractivity contribution in [2.24, 2.45) is 5.92 Å². The van der Waals surface area contributed by atoms with Crippen LogP contribution in [0, 0.1) is 5.92 Å². The maximum atomic E-state index is 5.03. The highest BCUT2D eigenvalue weighted by Crippen LogP contribution is 2.32. The van der Waals surface area contributed by atoms with Crippen LogP contribution in [0.4, 0.5) is 0 Å². The summed E-state index contributed by atoms with van der Waals surface area (Å²) in [6, 6.07) is 0.594. The number of nitrogens with one attached hydrogen (secondary N) is 1. The fraction of sp³-hybridized carbons (Fsp3) is 1.00. The summed E-state index contributed by atoms with van der Waals surface area (Å²) < 4.78 is 5.03. The van der Waals surface area contributed by atoms with E-state index in [2.05, 4.69) is 24.0 Å². The Bertz CT molecular complexity index is 139. The average Bonchev–Trinajstić information content (AvgIpc) is 2.98. The zero-order valence-electron chi connectivity index (χ0n) is 9.42. The molecule has 0 spiro atoms. The molecule has 1 unspecified atom stereocenters. The Morgan fingerprint density at radius 3 is 2.93 bits per heavy atom. The SMILES string of the molecule is COCCC(C)NCCSCC1CC1. The van der Waals surface area contributed by atoms with Crippen molar-refractivity contribution in [2.45, 2.75) is 32.2 Å². The normalized spacial score (nSPS) is 18.4. The van der Waals surface area contributed by atoms with Crippen molar-refractivity contribution in [1.82, 2.24) is 5.32 Å². The molecule has 0 heterocycles. The molecule has 1 saturated carbocycles. The Labute approximate surface area is 92.2 Å². The first-order valence-corrected chi connectivity index (χ1v) is 6.78. The van der Waals surface area contributed by atoms with Crippen molar-refractivity contribution in [1.29, 1.82) is 0 Å². The number of hydrogen-bond donors (Lipinski definition) is 1. The summed E-state index contributed by atoms with van der Waals surface area (Å²) in [5.41, 5.74) is 0. The van der Waals surface area contributed by atoms with Gasteiger partial charge < -0.3 is 10.1 Å². The fourth-order valence-electron chi connectivity index (χ4n) is 1.31. The molecule has 0 amide bonds. The third-order valence-corrected chi connectivity index (χ3v) is 3.74. The first kappa shape index (κ1) is 12.3. The largest absolute Gasteiger partial charge is 0.385 e. The van der Waals surface area contributed by atoms with Crippen molar-refractivity contribution < 1.29 is 4.74 Å². The lowest BCUT2D eigenvalue weighted by Gasteiger charge is -2.12. The standard InChI is InChI=1S/C11H23NOS/c1-10(5-7-13-2)12-6-8-14-9-11-3-4-11/h10-12H,3-9H2,1-2H3. The maximum absolute atomic E-state index is 5.03. The molecular formula is C11H23NOS. The van der Waals surface area contributed by atoms with Gasteiger partial charge >= 0.3 is 0 Å². The van der Waals surface area contributed by atoms with Gasteiger partial charge in [-0.2, -0.15) is 11.8 Å². The molecule has 0 bridgehead atoms. The lowest BCUT2D eigenvalue weighted by molar-refractivity contribution is 0.185. The van der Waals surface area contributed by atoms with Gasteiger partial charge in [0.05, 0.1) is 0 Å². The third kappa shape index (κ3) is 6.68. The third-order valence-electron chi connectivity index (χ3n) is 2.54. The van der Waals surface area contributed by atoms with Gasteiger partial charge in [-0.1, -0.05) is 0 Å². The molecule has 1 atom stereocenters. The van der Waals surface area contributed by atoms with E-state index >= 15 is 0 Å². The van der Waals surface area contributed by atoms with Gasteiger partial charge in [0.2, 0.25) is 0 Å². The molecule has 0 aromatic heterocycles. The predicted octanol–water partition coefficient (Wildman–Crippen LogP) is 2.14. The van der Waals surface area contributed by atoms with Crippen molar-refractivity contribution in [3.63, 3.8) is 0 Å². The van der Waals surface area contributed by atoms with Crippen LogP contribution >= 0.6 is 11.8 Å². The van der Waals surface area contributed by atoms with Gasteiger partial charge in [-0.3, -0.25) is 0 Å². The topological polar surface area (TPSA) is 21.3 Å². The van der Waals surface area contributed by atoms with Gasteiger partial charge in [0, 0.05) is 32.1 Å². The summed E-state index contributed by atoms with van der Waals surface area (Å²) in [6.45, 7) is 4.23. The summed E-state index contributed by atoms with van der Waals surface area (Å²) >= 11 is 2.10. The molecule has 14 heavy (non-hydrogen) atoms. The predicted molar refractivity (Wildman–Crippen MR) is 64.0 cm³/mol. The number of thioether (sulfide) groups is 1. The molecule has 84 valence electrons. The summed E-state index contributed by atoms with van der Waals surface area (Å²) in [4.78, 5) is 0. The van der Waals surface area contributed by atoms with E-state index in [1.807, 2.05) is 0 Å². The highest BCUT2D eigenvalue weighted by Gasteiger charge is 2.20. The molecule has 0 aromatic rings. The van der Waals surface area contributed by atoms with Gasteiger partial charge in [0.15, 0.2) is 0 Å². The number of hydrogen-bond acceptors (Lipinski definition) is 3. The quantitative estimate of drug-likeness (QED) is 0.598. The molecular weight excluding hydrogens is 194 g/mol. The van der Waals surface area contributed by atoms with Crippen molar-refractivity contribution in [2.75, 3.05) is 31.8 Å². The van der Waals surface area contributed by atoms with Gasteiger partial charge in [0.25, 0.3) is 0 Å². The average molecular weight is 217 g/mol. The summed E-state index contributed by atoms with van der Waals surface area (Å²) in [5.74, 6) is 3.70. The van der Waals surface area contributed by atoms with E-state index in [-0.39, 0.29) is 0 Å². The first-order valence-electron chi connectivity index (χ1n) is 5.63. The molecule has 0 aliphatic heterocycles. The monoisotopic (exact) mass is 217 g/mol. The lowest BCUT2D eigenvalue weighted by Crippen LogP contribution is -2.29. The van der Waals surface area contributed by atoms with Crippen LogP contribution < -0.4 is 5.32 Å². The van der Waals surface area contributed by atoms with Crippen LogP contribution in [-0.2, 0) is 4.74 Å². The van der Waals surface area contributed by atoms with E-state index in [1.54, 1.807) is 7.11 Å². The van der Waals surface area contributed by atoms with E-state index in [1.165, 1.54) is 24.3 Å². The Kier molecular flexibility index (Phi) is 6.65. The van der Waals surface area contributed by atoms with Gasteiger partial charge in [0.1, 0.15) is 0 Å². The van der Waals surface area contributed by atoms with Crippen LogP contribution in [0.3, 0.4) is 0 Å². The number of methoxy groups -OCH3 is 1. The summed E-state index contributed by atoms with van der Waals surface area (Å²) in [7, 11) is 1.76. The zero-order chi connectivity index (χ0) is 10.2. The molecule has 1 N–H and O–H groups in total. The second kappa shape index (κ2) is 7.55. The molecule has 0 aromatic carbocycles. The Hall–Kier alpha value is 0.270. The highest BCUT2D eigenvalue weighted by molar-refractivity contribution is 7.99. The van der Waals surface area contributed by atoms with E-state index in [4.69, 9.17) is 4.74 Å². The molecule has 1 aliphatic carbocycles. The van der Waals surface area contributed by atoms with E-state index < -0.39 is 0 Å². The number of rotatable bonds is 9. The van der Waals surface area contributed by atoms with Gasteiger partial charge in [-0.15, -0.1) is 0 Å². The van der Waals surface area contributed by atoms with Crippen molar-refractivity contribution >= 4 is 11.8 Å². The lowest BCUT2D eigenvalue weighted by atomic mass is 10.2. The first-order chi connectivity index (χ1) is 6.83. The fourth-order valence-corrected chi connectivity index (χ4v) is 2.40. The minimum Gasteiger partial charge on any atom is -0.385 e. The number of ether oxygens (including phenoxy) is 1. The second-order valence-electron chi connectivity index (χ2n) is 4.15. The molecule has 3 heteroatoms. The van der Waals surface area contributed by atoms with E-state index in [9.17, 15) is 0 Å². The van der Waals surface area contributed by atoms with Crippen LogP contribution in [0.25, 0.3) is 0 Å². The Balaban J connectivity index is 1.77. The van der Waals surface area contributed by atoms with E-state index in [0.717, 1.165) is 25.5 Å². The smallest absolute Gasteiger partial charge is 0.0476 e. The van der Waals surface area contributed by atoms with Crippen LogP contribution in [0.1, 0.15) is 26.2 Å². The highest BCUT2D eigenvalue weighted by atomic mass is 32.2. The second-order valence-corrected chi connectivity index (χ2v) is 5.30. The summed E-state index contributed by atoms with van der Waals surface area (Å²) in [6.07, 6.45) is 4.07. The van der Waals surface area contributed by atoms with Gasteiger partial charge in [-0.25, -0.2) is 0 Å². The Morgan fingerprint density at radius 2 is 2.29 bits per heavy atom. The maximum Gasteiger partial charge on any atom is 0.0476 e. The Morgan fingerprint density at radius 1 is 1.50 bits per heavy atom. The molecule has 1 rings (SSSR count). The minimum atomic E-state index is 0.594. The molecule has 2 nitrogen and oxygen atoms in total. The zero-order valence-corrected chi connectivity index (χ0v) is 10.2. The molecule has 0 saturated heterocycles. The minimum absolute atomic E-state index is 0.594. The van der Waals surface area contributed by atoms with Crippen molar-refractivity contribution in [3.05, 3.63) is 0 Å². The summed E-state index contributed by atoms with van der Waals surface area (Å²) in [5, 5.41) is 3.51.